The highest BCUT2D eigenvalue weighted by atomic mass is 16.5. The summed E-state index contributed by atoms with van der Waals surface area (Å²) in [7, 11) is 0. The second-order valence-corrected chi connectivity index (χ2v) is 9.74. The first-order valence-electron chi connectivity index (χ1n) is 13.5. The maximum absolute atomic E-state index is 13.4. The maximum Gasteiger partial charge on any atom is 0.275 e. The molecule has 41 heavy (non-hydrogen) atoms. The Morgan fingerprint density at radius 3 is 2.17 bits per heavy atom. The number of nitrogens with one attached hydrogen (secondary N) is 1. The van der Waals surface area contributed by atoms with Crippen LogP contribution in [0.1, 0.15) is 35.6 Å². The van der Waals surface area contributed by atoms with Gasteiger partial charge in [-0.25, -0.2) is 10.5 Å². The van der Waals surface area contributed by atoms with Gasteiger partial charge in [0, 0.05) is 25.0 Å². The van der Waals surface area contributed by atoms with E-state index in [4.69, 9.17) is 19.6 Å². The summed E-state index contributed by atoms with van der Waals surface area (Å²) in [6.07, 6.45) is 3.73. The first-order valence-corrected chi connectivity index (χ1v) is 13.5. The molecule has 0 aliphatic carbocycles. The molecule has 0 radical (unpaired) electrons. The van der Waals surface area contributed by atoms with Crippen LogP contribution in [0, 0.1) is 0 Å². The molecule has 0 fully saturated rings. The minimum atomic E-state index is -1.46. The van der Waals surface area contributed by atoms with E-state index >= 15 is 0 Å². The van der Waals surface area contributed by atoms with Gasteiger partial charge in [-0.2, -0.15) is 0 Å². The van der Waals surface area contributed by atoms with E-state index in [1.807, 2.05) is 115 Å². The Morgan fingerprint density at radius 2 is 1.51 bits per heavy atom. The minimum Gasteiger partial charge on any atom is -0.494 e. The second kappa shape index (κ2) is 13.1. The van der Waals surface area contributed by atoms with E-state index < -0.39 is 17.6 Å². The van der Waals surface area contributed by atoms with Crippen LogP contribution in [-0.4, -0.2) is 40.9 Å². The number of aliphatic hydroxyl groups excluding tert-OH is 1. The zero-order valence-corrected chi connectivity index (χ0v) is 22.5. The van der Waals surface area contributed by atoms with E-state index in [1.54, 1.807) is 12.1 Å². The highest BCUT2D eigenvalue weighted by molar-refractivity contribution is 6.01. The molecule has 1 aliphatic heterocycles. The van der Waals surface area contributed by atoms with E-state index in [1.165, 1.54) is 0 Å². The number of aliphatic imine (C=N–C) groups is 1. The Bertz CT molecular complexity index is 1490. The smallest absolute Gasteiger partial charge is 0.275 e. The third kappa shape index (κ3) is 6.38. The normalized spacial score (nSPS) is 18.1. The van der Waals surface area contributed by atoms with Crippen LogP contribution in [0.4, 0.5) is 0 Å². The van der Waals surface area contributed by atoms with Crippen molar-refractivity contribution in [3.05, 3.63) is 132 Å². The van der Waals surface area contributed by atoms with E-state index in [-0.39, 0.29) is 13.0 Å². The molecule has 0 unspecified atom stereocenters. The molecule has 7 nitrogen and oxygen atoms in total. The summed E-state index contributed by atoms with van der Waals surface area (Å²) in [5, 5.41) is 18.8. The van der Waals surface area contributed by atoms with Gasteiger partial charge in [0.1, 0.15) is 5.75 Å². The molecule has 3 N–H and O–H groups in total. The van der Waals surface area contributed by atoms with E-state index in [0.29, 0.717) is 30.2 Å². The molecule has 1 aliphatic rings. The molecule has 0 saturated carbocycles. The summed E-state index contributed by atoms with van der Waals surface area (Å²) in [5.41, 5.74) is 4.90. The van der Waals surface area contributed by atoms with Crippen molar-refractivity contribution in [2.75, 3.05) is 13.2 Å². The summed E-state index contributed by atoms with van der Waals surface area (Å²) in [6, 6.07) is 34.9. The van der Waals surface area contributed by atoms with Gasteiger partial charge in [-0.05, 0) is 46.5 Å². The Labute approximate surface area is 239 Å². The molecule has 0 spiro atoms. The van der Waals surface area contributed by atoms with Gasteiger partial charge in [0.25, 0.3) is 5.91 Å². The van der Waals surface area contributed by atoms with Gasteiger partial charge in [0.2, 0.25) is 5.90 Å². The first kappa shape index (κ1) is 27.8. The van der Waals surface area contributed by atoms with E-state index in [9.17, 15) is 10.0 Å². The first-order chi connectivity index (χ1) is 20.1. The highest BCUT2D eigenvalue weighted by Gasteiger charge is 2.52. The second-order valence-electron chi connectivity index (χ2n) is 9.74. The molecule has 0 saturated heterocycles. The third-order valence-electron chi connectivity index (χ3n) is 6.99. The van der Waals surface area contributed by atoms with Gasteiger partial charge in [0.05, 0.1) is 6.61 Å². The Hall–Kier alpha value is -4.72. The van der Waals surface area contributed by atoms with Crippen molar-refractivity contribution in [1.82, 2.24) is 5.48 Å². The molecule has 5 rings (SSSR count). The number of amides is 1. The fourth-order valence-corrected chi connectivity index (χ4v) is 4.83. The molecular weight excluding hydrogens is 516 g/mol. The fraction of sp³-hybridized carbons (Fsp3) is 0.176. The predicted octanol–water partition coefficient (Wildman–Crippen LogP) is 5.98. The summed E-state index contributed by atoms with van der Waals surface area (Å²) in [5.74, 6) is 0.283. The van der Waals surface area contributed by atoms with Gasteiger partial charge in [-0.15, -0.1) is 0 Å². The minimum absolute atomic E-state index is 0.0597. The number of carbonyl (C=O) groups excluding carboxylic acids is 1. The van der Waals surface area contributed by atoms with E-state index in [0.717, 1.165) is 22.3 Å². The lowest BCUT2D eigenvalue weighted by molar-refractivity contribution is -0.137. The van der Waals surface area contributed by atoms with Gasteiger partial charge < -0.3 is 14.6 Å². The standard InChI is InChI=1S/C34H32N2O5/c37-23-8-24-40-30-20-18-29(19-21-30)32-35-34(33(38)36-39,22-7-11-25-9-3-1-4-10-25)31(41-32)28-16-14-27(15-17-28)26-12-5-2-6-13-26/h1-7,9-21,31,37,39H,8,22-24H2,(H,36,38)/b11-7+/t31-,34-/m0/s1. The number of rotatable bonds is 11. The number of nitrogens with zero attached hydrogens (tertiary/aromatic N) is 1. The SMILES string of the molecule is O=C(NO)[C@@]1(C/C=C/c2ccccc2)N=C(c2ccc(OCCCO)cc2)O[C@H]1c1ccc(-c2ccccc2)cc1. The van der Waals surface area contributed by atoms with Crippen LogP contribution in [0.15, 0.2) is 120 Å². The van der Waals surface area contributed by atoms with Crippen LogP contribution >= 0.6 is 0 Å². The summed E-state index contributed by atoms with van der Waals surface area (Å²) < 4.78 is 12.1. The quantitative estimate of drug-likeness (QED) is 0.122. The number of hydroxylamine groups is 1. The van der Waals surface area contributed by atoms with Crippen LogP contribution in [0.5, 0.6) is 5.75 Å². The molecule has 208 valence electrons. The van der Waals surface area contributed by atoms with Crippen molar-refractivity contribution >= 4 is 17.9 Å². The molecule has 7 heteroatoms. The van der Waals surface area contributed by atoms with Crippen LogP contribution in [0.25, 0.3) is 17.2 Å². The van der Waals surface area contributed by atoms with Crippen molar-refractivity contribution in [1.29, 1.82) is 0 Å². The summed E-state index contributed by atoms with van der Waals surface area (Å²) in [6.45, 7) is 0.464. The van der Waals surface area contributed by atoms with Gasteiger partial charge in [-0.1, -0.05) is 97.1 Å². The number of aliphatic hydroxyl groups is 1. The average Bonchev–Trinajstić information content (AvgIpc) is 3.43. The van der Waals surface area contributed by atoms with Crippen molar-refractivity contribution < 1.29 is 24.6 Å². The fourth-order valence-electron chi connectivity index (χ4n) is 4.83. The van der Waals surface area contributed by atoms with Crippen molar-refractivity contribution in [2.24, 2.45) is 4.99 Å². The van der Waals surface area contributed by atoms with Crippen molar-refractivity contribution in [2.45, 2.75) is 24.5 Å². The van der Waals surface area contributed by atoms with Crippen LogP contribution in [-0.2, 0) is 9.53 Å². The van der Waals surface area contributed by atoms with Crippen LogP contribution in [0.2, 0.25) is 0 Å². The highest BCUT2D eigenvalue weighted by Crippen LogP contribution is 2.43. The zero-order valence-electron chi connectivity index (χ0n) is 22.5. The van der Waals surface area contributed by atoms with Gasteiger partial charge in [-0.3, -0.25) is 10.0 Å². The Kier molecular flexibility index (Phi) is 8.89. The number of carbonyl (C=O) groups is 1. The average molecular weight is 549 g/mol. The third-order valence-corrected chi connectivity index (χ3v) is 6.99. The number of hydrogen-bond donors (Lipinski definition) is 3. The molecule has 0 bridgehead atoms. The molecular formula is C34H32N2O5. The van der Waals surface area contributed by atoms with Crippen molar-refractivity contribution in [3.63, 3.8) is 0 Å². The molecule has 2 atom stereocenters. The molecule has 1 amide bonds. The van der Waals surface area contributed by atoms with Gasteiger partial charge in [0.15, 0.2) is 11.6 Å². The molecule has 1 heterocycles. The van der Waals surface area contributed by atoms with Crippen LogP contribution in [0.3, 0.4) is 0 Å². The summed E-state index contributed by atoms with van der Waals surface area (Å²) in [4.78, 5) is 18.2. The summed E-state index contributed by atoms with van der Waals surface area (Å²) >= 11 is 0. The number of hydrogen-bond acceptors (Lipinski definition) is 6. The largest absolute Gasteiger partial charge is 0.494 e. The monoisotopic (exact) mass is 548 g/mol. The van der Waals surface area contributed by atoms with Crippen LogP contribution < -0.4 is 10.2 Å². The van der Waals surface area contributed by atoms with Crippen molar-refractivity contribution in [3.8, 4) is 16.9 Å². The topological polar surface area (TPSA) is 100 Å². The zero-order chi connectivity index (χ0) is 28.5. The number of benzene rings is 4. The van der Waals surface area contributed by atoms with E-state index in [2.05, 4.69) is 0 Å². The lowest BCUT2D eigenvalue weighted by atomic mass is 9.84. The van der Waals surface area contributed by atoms with Gasteiger partial charge >= 0.3 is 0 Å². The molecule has 0 aromatic heterocycles. The molecule has 4 aromatic carbocycles. The predicted molar refractivity (Wildman–Crippen MR) is 159 cm³/mol. The lowest BCUT2D eigenvalue weighted by Gasteiger charge is -2.28. The molecule has 4 aromatic rings. The number of ether oxygens (including phenoxy) is 2. The Morgan fingerprint density at radius 1 is 0.878 bits per heavy atom. The maximum atomic E-state index is 13.4. The Balaban J connectivity index is 1.50. The lowest BCUT2D eigenvalue weighted by Crippen LogP contribution is -2.47.